The van der Waals surface area contributed by atoms with Crippen LogP contribution >= 0.6 is 0 Å². The first kappa shape index (κ1) is 24.6. The molecule has 2 heterocycles. The Morgan fingerprint density at radius 3 is 2.31 bits per heavy atom. The van der Waals surface area contributed by atoms with Crippen molar-refractivity contribution in [3.05, 3.63) is 59.9 Å². The maximum Gasteiger partial charge on any atom is 0.260 e. The van der Waals surface area contributed by atoms with Gasteiger partial charge in [-0.2, -0.15) is 0 Å². The molecule has 3 aliphatic rings. The fourth-order valence-corrected chi connectivity index (χ4v) is 5.60. The number of carbonyl (C=O) groups is 2. The second-order valence-electron chi connectivity index (χ2n) is 10.2. The molecule has 0 radical (unpaired) electrons. The molecule has 2 amide bonds. The second-order valence-corrected chi connectivity index (χ2v) is 10.2. The van der Waals surface area contributed by atoms with Gasteiger partial charge in [-0.3, -0.25) is 14.5 Å². The summed E-state index contributed by atoms with van der Waals surface area (Å²) in [7, 11) is 1.61. The normalized spacial score (nSPS) is 21.3. The molecule has 2 aromatic carbocycles. The maximum absolute atomic E-state index is 13.5. The molecule has 2 aromatic rings. The molecule has 0 N–H and O–H groups in total. The van der Waals surface area contributed by atoms with E-state index in [0.29, 0.717) is 38.5 Å². The third-order valence-corrected chi connectivity index (χ3v) is 8.00. The maximum atomic E-state index is 13.5. The molecule has 0 bridgehead atoms. The molecular formula is C28H34FN3O4. The lowest BCUT2D eigenvalue weighted by molar-refractivity contribution is -0.136. The van der Waals surface area contributed by atoms with E-state index < -0.39 is 0 Å². The Balaban J connectivity index is 1.04. The number of halogens is 1. The number of carbonyl (C=O) groups excluding carboxylic acids is 2. The van der Waals surface area contributed by atoms with Gasteiger partial charge in [-0.15, -0.1) is 0 Å². The number of methoxy groups -OCH3 is 1. The molecule has 8 heteroatoms. The van der Waals surface area contributed by atoms with Crippen molar-refractivity contribution in [3.8, 4) is 11.5 Å². The van der Waals surface area contributed by atoms with Crippen molar-refractivity contribution in [2.45, 2.75) is 25.8 Å². The first-order valence-electron chi connectivity index (χ1n) is 12.8. The van der Waals surface area contributed by atoms with Crippen LogP contribution in [0, 0.1) is 17.2 Å². The molecule has 0 aromatic heterocycles. The topological polar surface area (TPSA) is 62.3 Å². The molecule has 1 atom stereocenters. The van der Waals surface area contributed by atoms with E-state index in [1.807, 2.05) is 15.9 Å². The number of amides is 2. The van der Waals surface area contributed by atoms with E-state index in [0.717, 1.165) is 43.7 Å². The minimum atomic E-state index is -0.210. The van der Waals surface area contributed by atoms with Gasteiger partial charge in [0.2, 0.25) is 5.91 Å². The molecule has 1 saturated carbocycles. The van der Waals surface area contributed by atoms with E-state index in [1.54, 1.807) is 43.5 Å². The van der Waals surface area contributed by atoms with E-state index in [-0.39, 0.29) is 35.6 Å². The van der Waals surface area contributed by atoms with Gasteiger partial charge in [0.1, 0.15) is 17.3 Å². The van der Waals surface area contributed by atoms with Crippen LogP contribution in [0.15, 0.2) is 48.5 Å². The van der Waals surface area contributed by atoms with Gasteiger partial charge in [0, 0.05) is 51.7 Å². The number of likely N-dealkylation sites (tertiary alicyclic amines) is 1. The lowest BCUT2D eigenvalue weighted by atomic mass is 9.90. The molecule has 192 valence electrons. The van der Waals surface area contributed by atoms with E-state index in [9.17, 15) is 14.0 Å². The monoisotopic (exact) mass is 495 g/mol. The van der Waals surface area contributed by atoms with Crippen LogP contribution in [-0.4, -0.2) is 79.5 Å². The van der Waals surface area contributed by atoms with E-state index in [2.05, 4.69) is 4.90 Å². The van der Waals surface area contributed by atoms with Gasteiger partial charge < -0.3 is 19.3 Å². The Kier molecular flexibility index (Phi) is 7.14. The highest BCUT2D eigenvalue weighted by Crippen LogP contribution is 2.60. The Morgan fingerprint density at radius 2 is 1.64 bits per heavy atom. The summed E-state index contributed by atoms with van der Waals surface area (Å²) in [5.41, 5.74) is 1.02. The SMILES string of the molecule is COc1ccc(OCC(=O)N2CCC3(CC2)C[C@@H]3C(=O)N2CCN(Cc3cccc(F)c3)CC2)cc1. The van der Waals surface area contributed by atoms with Gasteiger partial charge in [0.25, 0.3) is 5.91 Å². The quantitative estimate of drug-likeness (QED) is 0.591. The Morgan fingerprint density at radius 1 is 0.944 bits per heavy atom. The standard InChI is InChI=1S/C28H34FN3O4/c1-35-23-5-7-24(8-6-23)36-20-26(33)31-11-9-28(10-12-31)18-25(28)27(34)32-15-13-30(14-16-32)19-21-3-2-4-22(29)17-21/h2-8,17,25H,9-16,18-20H2,1H3/t25-/m1/s1. The highest BCUT2D eigenvalue weighted by molar-refractivity contribution is 5.83. The number of hydrogen-bond acceptors (Lipinski definition) is 5. The summed E-state index contributed by atoms with van der Waals surface area (Å²) in [6, 6.07) is 13.9. The fourth-order valence-electron chi connectivity index (χ4n) is 5.60. The van der Waals surface area contributed by atoms with Crippen LogP contribution in [0.5, 0.6) is 11.5 Å². The molecule has 1 spiro atoms. The smallest absolute Gasteiger partial charge is 0.260 e. The molecule has 1 aliphatic carbocycles. The van der Waals surface area contributed by atoms with E-state index >= 15 is 0 Å². The molecule has 2 saturated heterocycles. The Bertz CT molecular complexity index is 1080. The van der Waals surface area contributed by atoms with Gasteiger partial charge in [0.05, 0.1) is 7.11 Å². The Labute approximate surface area is 211 Å². The molecule has 3 fully saturated rings. The van der Waals surface area contributed by atoms with Gasteiger partial charge in [0.15, 0.2) is 6.61 Å². The summed E-state index contributed by atoms with van der Waals surface area (Å²) < 4.78 is 24.2. The summed E-state index contributed by atoms with van der Waals surface area (Å²) in [4.78, 5) is 32.0. The molecule has 2 aliphatic heterocycles. The third kappa shape index (κ3) is 5.48. The second kappa shape index (κ2) is 10.5. The van der Waals surface area contributed by atoms with Crippen LogP contribution in [0.4, 0.5) is 4.39 Å². The van der Waals surface area contributed by atoms with Crippen LogP contribution in [0.2, 0.25) is 0 Å². The summed E-state index contributed by atoms with van der Waals surface area (Å²) in [6.07, 6.45) is 2.67. The minimum absolute atomic E-state index is 0.0152. The lowest BCUT2D eigenvalue weighted by Gasteiger charge is -2.36. The van der Waals surface area contributed by atoms with Crippen LogP contribution in [0.25, 0.3) is 0 Å². The number of nitrogens with zero attached hydrogens (tertiary/aromatic N) is 3. The molecule has 36 heavy (non-hydrogen) atoms. The van der Waals surface area contributed by atoms with Crippen LogP contribution in [-0.2, 0) is 16.1 Å². The van der Waals surface area contributed by atoms with Crippen LogP contribution < -0.4 is 9.47 Å². The summed E-state index contributed by atoms with van der Waals surface area (Å²) >= 11 is 0. The van der Waals surface area contributed by atoms with Crippen molar-refractivity contribution in [3.63, 3.8) is 0 Å². The first-order valence-corrected chi connectivity index (χ1v) is 12.8. The zero-order valence-corrected chi connectivity index (χ0v) is 20.8. The van der Waals surface area contributed by atoms with Crippen LogP contribution in [0.3, 0.4) is 0 Å². The number of rotatable bonds is 7. The fraction of sp³-hybridized carbons (Fsp3) is 0.500. The Hall–Kier alpha value is -3.13. The lowest BCUT2D eigenvalue weighted by Crippen LogP contribution is -2.49. The number of piperazine rings is 1. The third-order valence-electron chi connectivity index (χ3n) is 8.00. The minimum Gasteiger partial charge on any atom is -0.497 e. The zero-order valence-electron chi connectivity index (χ0n) is 20.8. The van der Waals surface area contributed by atoms with Gasteiger partial charge in [-0.25, -0.2) is 4.39 Å². The predicted octanol–water partition coefficient (Wildman–Crippen LogP) is 3.19. The molecular weight excluding hydrogens is 461 g/mol. The van der Waals surface area contributed by atoms with E-state index in [4.69, 9.17) is 9.47 Å². The van der Waals surface area contributed by atoms with Gasteiger partial charge >= 0.3 is 0 Å². The van der Waals surface area contributed by atoms with Crippen molar-refractivity contribution < 1.29 is 23.5 Å². The van der Waals surface area contributed by atoms with Gasteiger partial charge in [-0.1, -0.05) is 12.1 Å². The molecule has 7 nitrogen and oxygen atoms in total. The van der Waals surface area contributed by atoms with Crippen molar-refractivity contribution in [1.82, 2.24) is 14.7 Å². The van der Waals surface area contributed by atoms with Crippen molar-refractivity contribution >= 4 is 11.8 Å². The highest BCUT2D eigenvalue weighted by Gasteiger charge is 2.59. The molecule has 5 rings (SSSR count). The number of piperidine rings is 1. The van der Waals surface area contributed by atoms with Crippen molar-refractivity contribution in [1.29, 1.82) is 0 Å². The van der Waals surface area contributed by atoms with Crippen molar-refractivity contribution in [2.75, 3.05) is 53.0 Å². The first-order chi connectivity index (χ1) is 17.5. The van der Waals surface area contributed by atoms with Crippen molar-refractivity contribution in [2.24, 2.45) is 11.3 Å². The number of ether oxygens (including phenoxy) is 2. The predicted molar refractivity (Wildman–Crippen MR) is 133 cm³/mol. The number of hydrogen-bond donors (Lipinski definition) is 0. The van der Waals surface area contributed by atoms with E-state index in [1.165, 1.54) is 6.07 Å². The summed E-state index contributed by atoms with van der Waals surface area (Å²) in [5, 5.41) is 0. The molecule has 0 unspecified atom stereocenters. The average molecular weight is 496 g/mol. The van der Waals surface area contributed by atoms with Gasteiger partial charge in [-0.05, 0) is 66.6 Å². The summed E-state index contributed by atoms with van der Waals surface area (Å²) in [6.45, 7) is 5.12. The summed E-state index contributed by atoms with van der Waals surface area (Å²) in [5.74, 6) is 1.51. The average Bonchev–Trinajstić information content (AvgIpc) is 3.60. The largest absolute Gasteiger partial charge is 0.497 e. The highest BCUT2D eigenvalue weighted by atomic mass is 19.1. The van der Waals surface area contributed by atoms with Crippen LogP contribution in [0.1, 0.15) is 24.8 Å². The number of benzene rings is 2. The zero-order chi connectivity index (χ0) is 25.1.